The van der Waals surface area contributed by atoms with E-state index in [-0.39, 0.29) is 5.82 Å². The van der Waals surface area contributed by atoms with Crippen LogP contribution < -0.4 is 10.6 Å². The number of fused-ring (bicyclic) bond motifs is 1. The van der Waals surface area contributed by atoms with Gasteiger partial charge in [0.25, 0.3) is 0 Å². The van der Waals surface area contributed by atoms with Crippen LogP contribution in [0.3, 0.4) is 0 Å². The Bertz CT molecular complexity index is 808. The van der Waals surface area contributed by atoms with Crippen LogP contribution in [0, 0.1) is 5.82 Å². The number of hydrogen-bond acceptors (Lipinski definition) is 5. The lowest BCUT2D eigenvalue weighted by Crippen LogP contribution is -2.12. The number of benzene rings is 2. The third-order valence-corrected chi connectivity index (χ3v) is 3.57. The molecular formula is C18H19FN4O. The van der Waals surface area contributed by atoms with Gasteiger partial charge in [-0.3, -0.25) is 0 Å². The Morgan fingerprint density at radius 2 is 1.79 bits per heavy atom. The smallest absolute Gasteiger partial charge is 0.225 e. The lowest BCUT2D eigenvalue weighted by Gasteiger charge is -2.12. The monoisotopic (exact) mass is 326 g/mol. The van der Waals surface area contributed by atoms with Crippen LogP contribution in [-0.2, 0) is 11.3 Å². The summed E-state index contributed by atoms with van der Waals surface area (Å²) in [5.41, 5.74) is 1.84. The number of nitrogens with one attached hydrogen (secondary N) is 2. The van der Waals surface area contributed by atoms with E-state index in [1.807, 2.05) is 24.3 Å². The first kappa shape index (κ1) is 16.1. The molecule has 2 N–H and O–H groups in total. The molecule has 3 rings (SSSR count). The molecule has 0 fully saturated rings. The number of halogens is 1. The largest absolute Gasteiger partial charge is 0.383 e. The average Bonchev–Trinajstić information content (AvgIpc) is 2.61. The molecule has 24 heavy (non-hydrogen) atoms. The predicted octanol–water partition coefficient (Wildman–Crippen LogP) is 3.44. The first-order valence-corrected chi connectivity index (χ1v) is 7.74. The molecule has 0 amide bonds. The van der Waals surface area contributed by atoms with Crippen molar-refractivity contribution in [2.75, 3.05) is 30.9 Å². The predicted molar refractivity (Wildman–Crippen MR) is 93.6 cm³/mol. The molecule has 0 bridgehead atoms. The maximum absolute atomic E-state index is 13.0. The second kappa shape index (κ2) is 7.70. The number of anilines is 2. The summed E-state index contributed by atoms with van der Waals surface area (Å²) in [7, 11) is 1.65. The summed E-state index contributed by atoms with van der Waals surface area (Å²) in [5.74, 6) is 1.05. The topological polar surface area (TPSA) is 59.1 Å². The van der Waals surface area contributed by atoms with Crippen LogP contribution in [0.25, 0.3) is 10.9 Å². The van der Waals surface area contributed by atoms with E-state index in [0.717, 1.165) is 22.3 Å². The fourth-order valence-corrected chi connectivity index (χ4v) is 2.34. The third-order valence-electron chi connectivity index (χ3n) is 3.57. The van der Waals surface area contributed by atoms with Crippen molar-refractivity contribution in [2.45, 2.75) is 6.54 Å². The van der Waals surface area contributed by atoms with Gasteiger partial charge in [0.05, 0.1) is 12.1 Å². The fraction of sp³-hybridized carbons (Fsp3) is 0.222. The molecule has 0 aliphatic carbocycles. The van der Waals surface area contributed by atoms with Gasteiger partial charge in [0, 0.05) is 25.6 Å². The molecule has 0 aliphatic heterocycles. The van der Waals surface area contributed by atoms with Crippen LogP contribution in [0.1, 0.15) is 5.56 Å². The highest BCUT2D eigenvalue weighted by atomic mass is 19.1. The van der Waals surface area contributed by atoms with E-state index in [1.165, 1.54) is 12.1 Å². The molecule has 1 aromatic heterocycles. The van der Waals surface area contributed by atoms with Crippen molar-refractivity contribution < 1.29 is 9.13 Å². The Kier molecular flexibility index (Phi) is 5.18. The normalized spacial score (nSPS) is 10.8. The molecule has 2 aromatic carbocycles. The van der Waals surface area contributed by atoms with Crippen molar-refractivity contribution in [3.63, 3.8) is 0 Å². The Morgan fingerprint density at radius 1 is 1.00 bits per heavy atom. The lowest BCUT2D eigenvalue weighted by atomic mass is 10.2. The maximum atomic E-state index is 13.0. The first-order valence-electron chi connectivity index (χ1n) is 7.74. The van der Waals surface area contributed by atoms with Gasteiger partial charge in [-0.2, -0.15) is 4.98 Å². The second-order valence-corrected chi connectivity index (χ2v) is 5.31. The van der Waals surface area contributed by atoms with Crippen molar-refractivity contribution in [1.29, 1.82) is 0 Å². The number of nitrogens with zero attached hydrogens (tertiary/aromatic N) is 2. The first-order chi connectivity index (χ1) is 11.8. The number of ether oxygens (including phenoxy) is 1. The van der Waals surface area contributed by atoms with E-state index in [9.17, 15) is 4.39 Å². The highest BCUT2D eigenvalue weighted by Crippen LogP contribution is 2.22. The summed E-state index contributed by atoms with van der Waals surface area (Å²) in [4.78, 5) is 9.05. The van der Waals surface area contributed by atoms with Crippen LogP contribution >= 0.6 is 0 Å². The molecule has 0 atom stereocenters. The van der Waals surface area contributed by atoms with Gasteiger partial charge in [-0.15, -0.1) is 0 Å². The van der Waals surface area contributed by atoms with Crippen LogP contribution in [0.4, 0.5) is 16.2 Å². The zero-order valence-corrected chi connectivity index (χ0v) is 13.4. The molecule has 0 saturated heterocycles. The second-order valence-electron chi connectivity index (χ2n) is 5.31. The van der Waals surface area contributed by atoms with E-state index < -0.39 is 0 Å². The molecule has 1 heterocycles. The number of methoxy groups -OCH3 is 1. The van der Waals surface area contributed by atoms with Crippen molar-refractivity contribution in [2.24, 2.45) is 0 Å². The fourth-order valence-electron chi connectivity index (χ4n) is 2.34. The third kappa shape index (κ3) is 3.97. The number of hydrogen-bond donors (Lipinski definition) is 2. The minimum Gasteiger partial charge on any atom is -0.383 e. The van der Waals surface area contributed by atoms with E-state index in [0.29, 0.717) is 25.6 Å². The molecule has 0 radical (unpaired) electrons. The lowest BCUT2D eigenvalue weighted by molar-refractivity contribution is 0.210. The van der Waals surface area contributed by atoms with E-state index >= 15 is 0 Å². The molecule has 0 saturated carbocycles. The molecule has 0 aliphatic rings. The minimum atomic E-state index is -0.240. The Morgan fingerprint density at radius 3 is 2.58 bits per heavy atom. The van der Waals surface area contributed by atoms with Gasteiger partial charge in [0.15, 0.2) is 0 Å². The molecule has 0 unspecified atom stereocenters. The van der Waals surface area contributed by atoms with Crippen LogP contribution in [0.5, 0.6) is 0 Å². The Balaban J connectivity index is 1.82. The summed E-state index contributed by atoms with van der Waals surface area (Å²) in [5, 5.41) is 7.40. The van der Waals surface area contributed by atoms with Gasteiger partial charge in [-0.25, -0.2) is 9.37 Å². The number of rotatable bonds is 7. The summed E-state index contributed by atoms with van der Waals surface area (Å²) in [6.07, 6.45) is 0. The highest BCUT2D eigenvalue weighted by molar-refractivity contribution is 5.90. The summed E-state index contributed by atoms with van der Waals surface area (Å²) >= 11 is 0. The average molecular weight is 326 g/mol. The van der Waals surface area contributed by atoms with Gasteiger partial charge >= 0.3 is 0 Å². The molecule has 6 heteroatoms. The van der Waals surface area contributed by atoms with E-state index in [2.05, 4.69) is 20.6 Å². The van der Waals surface area contributed by atoms with Crippen LogP contribution in [0.15, 0.2) is 48.5 Å². The van der Waals surface area contributed by atoms with Crippen molar-refractivity contribution in [3.05, 3.63) is 59.9 Å². The van der Waals surface area contributed by atoms with Gasteiger partial charge in [0.1, 0.15) is 11.6 Å². The van der Waals surface area contributed by atoms with Crippen LogP contribution in [-0.4, -0.2) is 30.2 Å². The van der Waals surface area contributed by atoms with Crippen molar-refractivity contribution >= 4 is 22.7 Å². The van der Waals surface area contributed by atoms with Gasteiger partial charge in [-0.1, -0.05) is 24.3 Å². The molecular weight excluding hydrogens is 307 g/mol. The van der Waals surface area contributed by atoms with Gasteiger partial charge in [-0.05, 0) is 29.8 Å². The summed E-state index contributed by atoms with van der Waals surface area (Å²) in [6, 6.07) is 14.2. The SMILES string of the molecule is COCCNc1nc(NCc2ccc(F)cc2)c2ccccc2n1. The van der Waals surface area contributed by atoms with E-state index in [4.69, 9.17) is 4.74 Å². The van der Waals surface area contributed by atoms with Gasteiger partial charge in [0.2, 0.25) is 5.95 Å². The molecule has 0 spiro atoms. The number of para-hydroxylation sites is 1. The minimum absolute atomic E-state index is 0.240. The molecule has 3 aromatic rings. The van der Waals surface area contributed by atoms with Gasteiger partial charge < -0.3 is 15.4 Å². The maximum Gasteiger partial charge on any atom is 0.225 e. The summed E-state index contributed by atoms with van der Waals surface area (Å²) < 4.78 is 18.0. The van der Waals surface area contributed by atoms with Crippen molar-refractivity contribution in [1.82, 2.24) is 9.97 Å². The Labute approximate surface area is 139 Å². The van der Waals surface area contributed by atoms with Crippen LogP contribution in [0.2, 0.25) is 0 Å². The molecule has 124 valence electrons. The summed E-state index contributed by atoms with van der Waals surface area (Å²) in [6.45, 7) is 1.76. The zero-order chi connectivity index (χ0) is 16.8. The highest BCUT2D eigenvalue weighted by Gasteiger charge is 2.07. The van der Waals surface area contributed by atoms with Crippen molar-refractivity contribution in [3.8, 4) is 0 Å². The molecule has 5 nitrogen and oxygen atoms in total. The number of aromatic nitrogens is 2. The zero-order valence-electron chi connectivity index (χ0n) is 13.4. The quantitative estimate of drug-likeness (QED) is 0.651. The standard InChI is InChI=1S/C18H19FN4O/c1-24-11-10-20-18-22-16-5-3-2-4-15(16)17(23-18)21-12-13-6-8-14(19)9-7-13/h2-9H,10-12H2,1H3,(H2,20,21,22,23). The Hall–Kier alpha value is -2.73. The van der Waals surface area contributed by atoms with E-state index in [1.54, 1.807) is 19.2 Å².